The smallest absolute Gasteiger partial charge is 0.136 e. The Morgan fingerprint density at radius 1 is 0.867 bits per heavy atom. The lowest BCUT2D eigenvalue weighted by molar-refractivity contribution is -0.152. The van der Waals surface area contributed by atoms with Gasteiger partial charge in [0, 0.05) is 12.3 Å². The Kier molecular flexibility index (Phi) is 6.51. The molecule has 0 aliphatic heterocycles. The average molecular weight is 415 g/mol. The second-order valence-corrected chi connectivity index (χ2v) is 13.1. The molecule has 0 amide bonds. The van der Waals surface area contributed by atoms with Crippen LogP contribution < -0.4 is 0 Å². The van der Waals surface area contributed by atoms with Gasteiger partial charge in [0.05, 0.1) is 0 Å². The molecule has 4 rings (SSSR count). The first-order chi connectivity index (χ1) is 14.2. The van der Waals surface area contributed by atoms with E-state index in [-0.39, 0.29) is 0 Å². The highest BCUT2D eigenvalue weighted by Gasteiger charge is 2.61. The van der Waals surface area contributed by atoms with E-state index in [2.05, 4.69) is 41.5 Å². The second-order valence-electron chi connectivity index (χ2n) is 13.1. The first kappa shape index (κ1) is 22.8. The van der Waals surface area contributed by atoms with E-state index in [9.17, 15) is 4.79 Å². The van der Waals surface area contributed by atoms with Gasteiger partial charge in [0.2, 0.25) is 0 Å². The van der Waals surface area contributed by atoms with Gasteiger partial charge in [0.25, 0.3) is 0 Å². The van der Waals surface area contributed by atoms with E-state index in [1.165, 1.54) is 64.2 Å². The number of hydrogen-bond donors (Lipinski definition) is 0. The molecular formula is C29H50O. The van der Waals surface area contributed by atoms with Gasteiger partial charge in [-0.1, -0.05) is 60.8 Å². The molecule has 0 bridgehead atoms. The molecule has 0 spiro atoms. The SMILES string of the molecule is CC[C@@H]1C(=O)CC[C@]2(C)[C@H]3CC[C@]4(C)[C@@H]([C@H](C)CCCC(C)C)CC[C@H]4[C@@H]3CC[C@@H]12. The summed E-state index contributed by atoms with van der Waals surface area (Å²) in [4.78, 5) is 12.7. The largest absolute Gasteiger partial charge is 0.299 e. The summed E-state index contributed by atoms with van der Waals surface area (Å²) < 4.78 is 0. The van der Waals surface area contributed by atoms with E-state index in [1.807, 2.05) is 0 Å². The first-order valence-corrected chi connectivity index (χ1v) is 13.7. The molecule has 0 radical (unpaired) electrons. The van der Waals surface area contributed by atoms with Crippen molar-refractivity contribution in [2.75, 3.05) is 0 Å². The number of hydrogen-bond acceptors (Lipinski definition) is 1. The lowest BCUT2D eigenvalue weighted by Crippen LogP contribution is -2.56. The van der Waals surface area contributed by atoms with Gasteiger partial charge >= 0.3 is 0 Å². The van der Waals surface area contributed by atoms with Crippen LogP contribution in [0.25, 0.3) is 0 Å². The van der Waals surface area contributed by atoms with Crippen molar-refractivity contribution in [2.45, 2.75) is 119 Å². The minimum atomic E-state index is 0.371. The number of rotatable bonds is 6. The summed E-state index contributed by atoms with van der Waals surface area (Å²) in [6, 6.07) is 0. The highest BCUT2D eigenvalue weighted by atomic mass is 16.1. The number of Topliss-reactive ketones (excluding diaryl/α,β-unsaturated/α-hetero) is 1. The molecule has 0 N–H and O–H groups in total. The Labute approximate surface area is 187 Å². The van der Waals surface area contributed by atoms with Crippen LogP contribution in [0.15, 0.2) is 0 Å². The summed E-state index contributed by atoms with van der Waals surface area (Å²) in [7, 11) is 0. The molecule has 0 saturated heterocycles. The number of fused-ring (bicyclic) bond motifs is 5. The highest BCUT2D eigenvalue weighted by molar-refractivity contribution is 5.82. The Bertz CT molecular complexity index is 622. The monoisotopic (exact) mass is 414 g/mol. The molecule has 4 aliphatic carbocycles. The fraction of sp³-hybridized carbons (Fsp3) is 0.966. The van der Waals surface area contributed by atoms with Crippen LogP contribution in [0.2, 0.25) is 0 Å². The molecule has 4 aliphatic rings. The number of carbonyl (C=O) groups excluding carboxylic acids is 1. The maximum absolute atomic E-state index is 12.7. The Morgan fingerprint density at radius 2 is 1.57 bits per heavy atom. The van der Waals surface area contributed by atoms with Crippen LogP contribution in [0.3, 0.4) is 0 Å². The van der Waals surface area contributed by atoms with Crippen molar-refractivity contribution in [3.63, 3.8) is 0 Å². The zero-order chi connectivity index (χ0) is 21.7. The number of carbonyl (C=O) groups is 1. The third-order valence-corrected chi connectivity index (χ3v) is 11.4. The van der Waals surface area contributed by atoms with Gasteiger partial charge in [0.15, 0.2) is 0 Å². The van der Waals surface area contributed by atoms with Crippen LogP contribution in [0.1, 0.15) is 119 Å². The minimum absolute atomic E-state index is 0.371. The van der Waals surface area contributed by atoms with Crippen LogP contribution in [0, 0.1) is 58.2 Å². The molecule has 0 heterocycles. The molecule has 0 aromatic heterocycles. The molecule has 0 aromatic carbocycles. The Balaban J connectivity index is 1.49. The molecule has 172 valence electrons. The summed E-state index contributed by atoms with van der Waals surface area (Å²) in [6.07, 6.45) is 16.1. The van der Waals surface area contributed by atoms with Gasteiger partial charge < -0.3 is 0 Å². The molecule has 9 atom stereocenters. The Hall–Kier alpha value is -0.330. The number of ketones is 1. The van der Waals surface area contributed by atoms with Crippen LogP contribution >= 0.6 is 0 Å². The van der Waals surface area contributed by atoms with E-state index in [0.29, 0.717) is 28.4 Å². The summed E-state index contributed by atoms with van der Waals surface area (Å²) in [5.41, 5.74) is 1.04. The fourth-order valence-corrected chi connectivity index (χ4v) is 9.86. The predicted octanol–water partition coefficient (Wildman–Crippen LogP) is 8.31. The van der Waals surface area contributed by atoms with Crippen molar-refractivity contribution >= 4 is 5.78 Å². The zero-order valence-electron chi connectivity index (χ0n) is 21.0. The van der Waals surface area contributed by atoms with Crippen LogP contribution in [-0.4, -0.2) is 5.78 Å². The summed E-state index contributed by atoms with van der Waals surface area (Å²) in [5.74, 6) is 7.16. The summed E-state index contributed by atoms with van der Waals surface area (Å²) in [5, 5.41) is 0. The average Bonchev–Trinajstić information content (AvgIpc) is 3.05. The van der Waals surface area contributed by atoms with Crippen molar-refractivity contribution in [1.82, 2.24) is 0 Å². The standard InChI is InChI=1S/C29H50O/c1-7-21-24-12-11-22-25-14-13-23(20(4)10-8-9-19(2)3)28(25,5)17-15-26(22)29(24,6)18-16-27(21)30/h19-26H,7-18H2,1-6H3/t20-,21+,22+,23-,24+,25+,26+,28-,29+/m1/s1. The van der Waals surface area contributed by atoms with Crippen molar-refractivity contribution in [2.24, 2.45) is 58.2 Å². The predicted molar refractivity (Wildman–Crippen MR) is 127 cm³/mol. The molecule has 0 aromatic rings. The van der Waals surface area contributed by atoms with Crippen LogP contribution in [-0.2, 0) is 4.79 Å². The lowest BCUT2D eigenvalue weighted by atomic mass is 9.43. The topological polar surface area (TPSA) is 17.1 Å². The molecule has 1 heteroatoms. The van der Waals surface area contributed by atoms with Crippen molar-refractivity contribution in [3.8, 4) is 0 Å². The van der Waals surface area contributed by atoms with E-state index in [0.717, 1.165) is 48.3 Å². The first-order valence-electron chi connectivity index (χ1n) is 13.7. The third-order valence-electron chi connectivity index (χ3n) is 11.4. The molecule has 4 fully saturated rings. The quantitative estimate of drug-likeness (QED) is 0.427. The van der Waals surface area contributed by atoms with Gasteiger partial charge in [-0.25, -0.2) is 0 Å². The third kappa shape index (κ3) is 3.63. The van der Waals surface area contributed by atoms with Crippen molar-refractivity contribution in [3.05, 3.63) is 0 Å². The van der Waals surface area contributed by atoms with E-state index < -0.39 is 0 Å². The summed E-state index contributed by atoms with van der Waals surface area (Å²) in [6.45, 7) is 14.9. The fourth-order valence-electron chi connectivity index (χ4n) is 9.86. The van der Waals surface area contributed by atoms with Crippen LogP contribution in [0.4, 0.5) is 0 Å². The lowest BCUT2D eigenvalue weighted by Gasteiger charge is -2.62. The van der Waals surface area contributed by atoms with E-state index in [1.54, 1.807) is 0 Å². The molecule has 30 heavy (non-hydrogen) atoms. The van der Waals surface area contributed by atoms with Crippen molar-refractivity contribution < 1.29 is 4.79 Å². The van der Waals surface area contributed by atoms with E-state index in [4.69, 9.17) is 0 Å². The summed E-state index contributed by atoms with van der Waals surface area (Å²) >= 11 is 0. The van der Waals surface area contributed by atoms with Gasteiger partial charge in [-0.15, -0.1) is 0 Å². The Morgan fingerprint density at radius 3 is 2.27 bits per heavy atom. The highest BCUT2D eigenvalue weighted by Crippen LogP contribution is 2.68. The van der Waals surface area contributed by atoms with E-state index >= 15 is 0 Å². The van der Waals surface area contributed by atoms with Gasteiger partial charge in [-0.2, -0.15) is 0 Å². The van der Waals surface area contributed by atoms with Crippen LogP contribution in [0.5, 0.6) is 0 Å². The minimum Gasteiger partial charge on any atom is -0.299 e. The van der Waals surface area contributed by atoms with Gasteiger partial charge in [0.1, 0.15) is 5.78 Å². The van der Waals surface area contributed by atoms with Gasteiger partial charge in [-0.3, -0.25) is 4.79 Å². The maximum atomic E-state index is 12.7. The molecule has 0 unspecified atom stereocenters. The normalized spacial score (nSPS) is 47.0. The van der Waals surface area contributed by atoms with Gasteiger partial charge in [-0.05, 0) is 104 Å². The molecular weight excluding hydrogens is 364 g/mol. The second kappa shape index (κ2) is 8.55. The van der Waals surface area contributed by atoms with Crippen molar-refractivity contribution in [1.29, 1.82) is 0 Å². The maximum Gasteiger partial charge on any atom is 0.136 e. The zero-order valence-corrected chi connectivity index (χ0v) is 21.0. The molecule has 4 saturated carbocycles. The molecule has 1 nitrogen and oxygen atoms in total.